The number of aryl methyl sites for hydroxylation is 1. The Bertz CT molecular complexity index is 1720. The highest BCUT2D eigenvalue weighted by Crippen LogP contribution is 2.52. The Morgan fingerprint density at radius 1 is 1.14 bits per heavy atom. The summed E-state index contributed by atoms with van der Waals surface area (Å²) in [6, 6.07) is 4.55. The van der Waals surface area contributed by atoms with Crippen molar-refractivity contribution >= 4 is 57.9 Å². The number of hydrogen-bond donors (Lipinski definition) is 1. The molecule has 3 aliphatic heterocycles. The minimum absolute atomic E-state index is 0.0696. The molecule has 2 fully saturated rings. The predicted octanol–water partition coefficient (Wildman–Crippen LogP) is 6.91. The number of esters is 2. The third kappa shape index (κ3) is 7.20. The summed E-state index contributed by atoms with van der Waals surface area (Å²) < 4.78 is 17.9. The van der Waals surface area contributed by atoms with Gasteiger partial charge in [0.15, 0.2) is 0 Å². The second kappa shape index (κ2) is 14.0. The fraction of sp³-hybridized carbons (Fsp3) is 0.605. The minimum atomic E-state index is -1.21. The van der Waals surface area contributed by atoms with Gasteiger partial charge in [0.2, 0.25) is 11.8 Å². The second-order valence-corrected chi connectivity index (χ2v) is 16.2. The van der Waals surface area contributed by atoms with E-state index in [9.17, 15) is 19.2 Å². The van der Waals surface area contributed by atoms with Gasteiger partial charge in [-0.05, 0) is 66.4 Å². The lowest BCUT2D eigenvalue weighted by atomic mass is 9.86. The Hall–Kier alpha value is -3.37. The number of amides is 2. The molecule has 1 saturated carbocycles. The number of hydrogen-bond acceptors (Lipinski definition) is 8. The normalized spacial score (nSPS) is 30.6. The number of halogens is 2. The number of rotatable bonds is 4. The van der Waals surface area contributed by atoms with Crippen LogP contribution in [0.4, 0.5) is 0 Å². The monoisotopic (exact) mass is 727 g/mol. The Labute approximate surface area is 303 Å². The lowest BCUT2D eigenvalue weighted by molar-refractivity contribution is -0.159. The standard InChI is InChI=1S/C38H47Cl2N3O7/c1-6-48-35(47)38-18-24(38)14-11-9-7-8-10-13-23(17-29(44)49-36(3,4)5)34(46)43-21-37(20-28(43)33(45)42-38)19-27(40)30-25-15-12-16-26(39)31(25)41-22(2)32(30)50-37/h11-12,14-16,23-24,27-28H,6-10,13,17-21H2,1-5H3,(H,42,45)/b14-11-/t23-,24-,27?,28+,37-,38-/m1/s1. The molecule has 0 bridgehead atoms. The Balaban J connectivity index is 1.38. The van der Waals surface area contributed by atoms with Crippen molar-refractivity contribution in [3.63, 3.8) is 0 Å². The van der Waals surface area contributed by atoms with E-state index in [1.807, 2.05) is 25.1 Å². The van der Waals surface area contributed by atoms with Crippen LogP contribution in [0.25, 0.3) is 10.9 Å². The first-order chi connectivity index (χ1) is 23.7. The van der Waals surface area contributed by atoms with Crippen molar-refractivity contribution in [3.05, 3.63) is 46.6 Å². The quantitative estimate of drug-likeness (QED) is 0.205. The van der Waals surface area contributed by atoms with Gasteiger partial charge in [0.05, 0.1) is 41.2 Å². The van der Waals surface area contributed by atoms with Gasteiger partial charge in [-0.1, -0.05) is 48.7 Å². The number of pyridine rings is 1. The number of carbonyl (C=O) groups is 4. The molecule has 4 aliphatic rings. The van der Waals surface area contributed by atoms with Crippen molar-refractivity contribution in [3.8, 4) is 5.75 Å². The highest BCUT2D eigenvalue weighted by Gasteiger charge is 2.63. The molecule has 6 rings (SSSR count). The molecule has 6 atom stereocenters. The number of aromatic nitrogens is 1. The topological polar surface area (TPSA) is 124 Å². The van der Waals surface area contributed by atoms with Gasteiger partial charge in [0, 0.05) is 35.6 Å². The molecule has 0 radical (unpaired) electrons. The van der Waals surface area contributed by atoms with Gasteiger partial charge in [0.25, 0.3) is 0 Å². The first kappa shape index (κ1) is 36.4. The molecule has 1 aromatic carbocycles. The summed E-state index contributed by atoms with van der Waals surface area (Å²) in [7, 11) is 0. The molecule has 1 aromatic heterocycles. The predicted molar refractivity (Wildman–Crippen MR) is 190 cm³/mol. The van der Waals surface area contributed by atoms with Crippen molar-refractivity contribution < 1.29 is 33.4 Å². The van der Waals surface area contributed by atoms with E-state index in [1.165, 1.54) is 0 Å². The number of alkyl halides is 1. The lowest BCUT2D eigenvalue weighted by Gasteiger charge is -2.39. The van der Waals surface area contributed by atoms with Crippen molar-refractivity contribution in [1.82, 2.24) is 15.2 Å². The van der Waals surface area contributed by atoms with E-state index in [0.717, 1.165) is 36.6 Å². The molecule has 270 valence electrons. The van der Waals surface area contributed by atoms with Crippen LogP contribution in [0.1, 0.15) is 102 Å². The van der Waals surface area contributed by atoms with E-state index < -0.39 is 51.9 Å². The molecule has 10 nitrogen and oxygen atoms in total. The summed E-state index contributed by atoms with van der Waals surface area (Å²) in [5, 5.41) is 3.79. The molecular weight excluding hydrogens is 681 g/mol. The summed E-state index contributed by atoms with van der Waals surface area (Å²) in [5.41, 5.74) is -0.948. The van der Waals surface area contributed by atoms with Gasteiger partial charge < -0.3 is 24.4 Å². The first-order valence-corrected chi connectivity index (χ1v) is 18.6. The third-order valence-electron chi connectivity index (χ3n) is 10.3. The van der Waals surface area contributed by atoms with Crippen LogP contribution in [-0.4, -0.2) is 69.6 Å². The minimum Gasteiger partial charge on any atom is -0.483 e. The summed E-state index contributed by atoms with van der Waals surface area (Å²) in [5.74, 6) is -2.15. The Morgan fingerprint density at radius 2 is 1.92 bits per heavy atom. The Kier molecular flexibility index (Phi) is 10.2. The van der Waals surface area contributed by atoms with Crippen LogP contribution in [0.5, 0.6) is 5.75 Å². The number of fused-ring (bicyclic) bond motifs is 5. The molecule has 4 heterocycles. The molecule has 1 saturated heterocycles. The maximum atomic E-state index is 14.7. The number of benzene rings is 1. The summed E-state index contributed by atoms with van der Waals surface area (Å²) in [4.78, 5) is 61.9. The van der Waals surface area contributed by atoms with E-state index in [0.29, 0.717) is 41.2 Å². The molecule has 1 unspecified atom stereocenters. The third-order valence-corrected chi connectivity index (χ3v) is 11.0. The van der Waals surface area contributed by atoms with Gasteiger partial charge in [-0.2, -0.15) is 0 Å². The molecule has 50 heavy (non-hydrogen) atoms. The molecule has 2 aromatic rings. The van der Waals surface area contributed by atoms with Gasteiger partial charge >= 0.3 is 11.9 Å². The number of para-hydroxylation sites is 1. The maximum Gasteiger partial charge on any atom is 0.332 e. The number of allylic oxidation sites excluding steroid dienone is 1. The largest absolute Gasteiger partial charge is 0.483 e. The second-order valence-electron chi connectivity index (χ2n) is 15.3. The van der Waals surface area contributed by atoms with Crippen LogP contribution < -0.4 is 10.1 Å². The zero-order chi connectivity index (χ0) is 36.0. The zero-order valence-corrected chi connectivity index (χ0v) is 31.0. The summed E-state index contributed by atoms with van der Waals surface area (Å²) in [6.45, 7) is 9.18. The van der Waals surface area contributed by atoms with Gasteiger partial charge in [0.1, 0.15) is 28.5 Å². The molecule has 1 aliphatic carbocycles. The van der Waals surface area contributed by atoms with Crippen LogP contribution in [0.3, 0.4) is 0 Å². The molecule has 1 N–H and O–H groups in total. The van der Waals surface area contributed by atoms with Gasteiger partial charge in [-0.25, -0.2) is 9.78 Å². The van der Waals surface area contributed by atoms with Gasteiger partial charge in [-0.3, -0.25) is 14.4 Å². The molecular formula is C38H47Cl2N3O7. The van der Waals surface area contributed by atoms with Crippen LogP contribution in [-0.2, 0) is 28.7 Å². The van der Waals surface area contributed by atoms with Crippen molar-refractivity contribution in [2.24, 2.45) is 11.8 Å². The fourth-order valence-electron chi connectivity index (χ4n) is 7.88. The van der Waals surface area contributed by atoms with Gasteiger partial charge in [-0.15, -0.1) is 11.6 Å². The van der Waals surface area contributed by atoms with Crippen LogP contribution in [0.15, 0.2) is 30.4 Å². The zero-order valence-electron chi connectivity index (χ0n) is 29.5. The summed E-state index contributed by atoms with van der Waals surface area (Å²) >= 11 is 13.7. The van der Waals surface area contributed by atoms with E-state index in [1.54, 1.807) is 38.7 Å². The summed E-state index contributed by atoms with van der Waals surface area (Å²) in [6.07, 6.45) is 8.55. The lowest BCUT2D eigenvalue weighted by Crippen LogP contribution is -2.54. The first-order valence-electron chi connectivity index (χ1n) is 17.8. The van der Waals surface area contributed by atoms with Crippen molar-refractivity contribution in [2.45, 2.75) is 121 Å². The maximum absolute atomic E-state index is 14.7. The average molecular weight is 729 g/mol. The number of nitrogens with one attached hydrogen (secondary N) is 1. The van der Waals surface area contributed by atoms with Crippen molar-refractivity contribution in [2.75, 3.05) is 13.2 Å². The SMILES string of the molecule is CCOC(=O)[C@@]12C[C@H]1/C=C\CCCCC[C@H](CC(=O)OC(C)(C)C)C(=O)N1C[C@@]3(CC(Cl)c4c(c(C)nc5c(Cl)cccc45)O3)C[C@H]1C(=O)N2. The number of nitrogens with zero attached hydrogens (tertiary/aromatic N) is 2. The Morgan fingerprint density at radius 3 is 2.66 bits per heavy atom. The van der Waals surface area contributed by atoms with E-state index in [-0.39, 0.29) is 37.8 Å². The smallest absolute Gasteiger partial charge is 0.332 e. The van der Waals surface area contributed by atoms with Crippen molar-refractivity contribution in [1.29, 1.82) is 0 Å². The van der Waals surface area contributed by atoms with Crippen LogP contribution in [0, 0.1) is 18.8 Å². The highest BCUT2D eigenvalue weighted by atomic mass is 35.5. The average Bonchev–Trinajstić information content (AvgIpc) is 3.61. The molecule has 2 amide bonds. The van der Waals surface area contributed by atoms with E-state index >= 15 is 0 Å². The van der Waals surface area contributed by atoms with Crippen LogP contribution >= 0.6 is 23.2 Å². The number of ether oxygens (including phenoxy) is 3. The fourth-order valence-corrected chi connectivity index (χ4v) is 8.59. The molecule has 12 heteroatoms. The number of carbonyl (C=O) groups excluding carboxylic acids is 4. The van der Waals surface area contributed by atoms with E-state index in [2.05, 4.69) is 11.4 Å². The highest BCUT2D eigenvalue weighted by molar-refractivity contribution is 6.35. The van der Waals surface area contributed by atoms with E-state index in [4.69, 9.17) is 42.4 Å². The molecule has 1 spiro atoms. The van der Waals surface area contributed by atoms with Crippen LogP contribution in [0.2, 0.25) is 5.02 Å².